The normalized spacial score (nSPS) is 12.7. The SMILES string of the molecule is B.B.CC(C)(O)C(C)(C)O.CC(C)(O)C(C)(C)O. The molecule has 0 aromatic rings. The van der Waals surface area contributed by atoms with Crippen molar-refractivity contribution in [3.8, 4) is 0 Å². The van der Waals surface area contributed by atoms with Gasteiger partial charge in [-0.3, -0.25) is 0 Å². The Labute approximate surface area is 116 Å². The summed E-state index contributed by atoms with van der Waals surface area (Å²) in [6.45, 7) is 12.6. The second-order valence-electron chi connectivity index (χ2n) is 6.24. The van der Waals surface area contributed by atoms with Crippen molar-refractivity contribution in [1.29, 1.82) is 0 Å². The Balaban J connectivity index is -0.0000000980. The molecule has 0 amide bonds. The van der Waals surface area contributed by atoms with Gasteiger partial charge in [0, 0.05) is 0 Å². The van der Waals surface area contributed by atoms with E-state index in [1.54, 1.807) is 55.4 Å². The second kappa shape index (κ2) is 7.53. The van der Waals surface area contributed by atoms with Gasteiger partial charge in [-0.05, 0) is 55.4 Å². The topological polar surface area (TPSA) is 80.9 Å². The Morgan fingerprint density at radius 1 is 0.389 bits per heavy atom. The van der Waals surface area contributed by atoms with Crippen LogP contribution in [0.5, 0.6) is 0 Å². The van der Waals surface area contributed by atoms with Crippen LogP contribution in [0.1, 0.15) is 55.4 Å². The van der Waals surface area contributed by atoms with Crippen LogP contribution in [-0.2, 0) is 0 Å². The molecule has 0 aliphatic heterocycles. The van der Waals surface area contributed by atoms with Gasteiger partial charge in [-0.25, -0.2) is 0 Å². The largest absolute Gasteiger partial charge is 0.387 e. The van der Waals surface area contributed by atoms with Gasteiger partial charge in [0.25, 0.3) is 0 Å². The minimum atomic E-state index is -1.01. The molecule has 0 bridgehead atoms. The van der Waals surface area contributed by atoms with Crippen LogP contribution >= 0.6 is 0 Å². The predicted octanol–water partition coefficient (Wildman–Crippen LogP) is -1.31. The molecule has 0 unspecified atom stereocenters. The first-order chi connectivity index (χ1) is 6.50. The fourth-order valence-electron chi connectivity index (χ4n) is 0. The Morgan fingerprint density at radius 3 is 0.444 bits per heavy atom. The molecule has 0 spiro atoms. The zero-order valence-electron chi connectivity index (χ0n) is 11.8. The maximum absolute atomic E-state index is 9.10. The molecule has 0 aliphatic carbocycles. The average Bonchev–Trinajstić information content (AvgIpc) is 1.77. The first kappa shape index (κ1) is 26.5. The van der Waals surface area contributed by atoms with Crippen LogP contribution in [0, 0.1) is 0 Å². The molecule has 0 heterocycles. The van der Waals surface area contributed by atoms with Gasteiger partial charge in [-0.1, -0.05) is 0 Å². The highest BCUT2D eigenvalue weighted by molar-refractivity contribution is 5.76. The number of hydrogen-bond donors (Lipinski definition) is 4. The minimum Gasteiger partial charge on any atom is -0.387 e. The molecule has 4 N–H and O–H groups in total. The molecule has 0 rings (SSSR count). The molecule has 0 atom stereocenters. The minimum absolute atomic E-state index is 0. The zero-order chi connectivity index (χ0) is 14.0. The third-order valence-corrected chi connectivity index (χ3v) is 2.99. The molecule has 0 aromatic heterocycles. The van der Waals surface area contributed by atoms with Crippen molar-refractivity contribution in [3.63, 3.8) is 0 Å². The van der Waals surface area contributed by atoms with E-state index in [-0.39, 0.29) is 16.8 Å². The fourth-order valence-corrected chi connectivity index (χ4v) is 0. The van der Waals surface area contributed by atoms with E-state index in [1.165, 1.54) is 0 Å². The predicted molar refractivity (Wildman–Crippen MR) is 85.1 cm³/mol. The summed E-state index contributed by atoms with van der Waals surface area (Å²) >= 11 is 0. The van der Waals surface area contributed by atoms with Crippen LogP contribution < -0.4 is 0 Å². The van der Waals surface area contributed by atoms with Gasteiger partial charge in [-0.15, -0.1) is 0 Å². The van der Waals surface area contributed by atoms with E-state index < -0.39 is 22.4 Å². The summed E-state index contributed by atoms with van der Waals surface area (Å²) in [5.74, 6) is 0. The molecule has 4 nitrogen and oxygen atoms in total. The summed E-state index contributed by atoms with van der Waals surface area (Å²) in [4.78, 5) is 0. The van der Waals surface area contributed by atoms with E-state index in [0.717, 1.165) is 0 Å². The van der Waals surface area contributed by atoms with E-state index >= 15 is 0 Å². The second-order valence-corrected chi connectivity index (χ2v) is 6.24. The highest BCUT2D eigenvalue weighted by Crippen LogP contribution is 2.19. The monoisotopic (exact) mass is 264 g/mol. The number of rotatable bonds is 2. The van der Waals surface area contributed by atoms with Gasteiger partial charge in [0.2, 0.25) is 0 Å². The number of hydrogen-bond acceptors (Lipinski definition) is 4. The molecule has 0 aliphatic rings. The maximum atomic E-state index is 9.10. The summed E-state index contributed by atoms with van der Waals surface area (Å²) in [6, 6.07) is 0. The lowest BCUT2D eigenvalue weighted by molar-refractivity contribution is -0.107. The van der Waals surface area contributed by atoms with Crippen molar-refractivity contribution in [3.05, 3.63) is 0 Å². The molecule has 0 radical (unpaired) electrons. The van der Waals surface area contributed by atoms with Crippen molar-refractivity contribution < 1.29 is 20.4 Å². The molecule has 0 fully saturated rings. The Morgan fingerprint density at radius 2 is 0.444 bits per heavy atom. The van der Waals surface area contributed by atoms with Crippen molar-refractivity contribution in [2.45, 2.75) is 77.8 Å². The Bertz CT molecular complexity index is 156. The molecule has 18 heavy (non-hydrogen) atoms. The molecule has 0 saturated carbocycles. The summed E-state index contributed by atoms with van der Waals surface area (Å²) in [7, 11) is 0. The van der Waals surface area contributed by atoms with Crippen molar-refractivity contribution in [2.24, 2.45) is 0 Å². The lowest BCUT2D eigenvalue weighted by atomic mass is 9.90. The average molecular weight is 264 g/mol. The maximum Gasteiger partial charge on any atom is 0.0872 e. The van der Waals surface area contributed by atoms with Crippen LogP contribution in [-0.4, -0.2) is 59.7 Å². The van der Waals surface area contributed by atoms with E-state index in [2.05, 4.69) is 0 Å². The Hall–Kier alpha value is -0.0301. The van der Waals surface area contributed by atoms with E-state index in [9.17, 15) is 0 Å². The highest BCUT2D eigenvalue weighted by Gasteiger charge is 2.32. The van der Waals surface area contributed by atoms with Crippen molar-refractivity contribution in [2.75, 3.05) is 0 Å². The fraction of sp³-hybridized carbons (Fsp3) is 1.00. The molecular formula is C12H34B2O4. The zero-order valence-corrected chi connectivity index (χ0v) is 11.8. The van der Waals surface area contributed by atoms with Crippen LogP contribution in [0.4, 0.5) is 0 Å². The van der Waals surface area contributed by atoms with Gasteiger partial charge >= 0.3 is 0 Å². The molecule has 0 aromatic carbocycles. The number of aliphatic hydroxyl groups is 4. The van der Waals surface area contributed by atoms with Crippen molar-refractivity contribution >= 4 is 16.8 Å². The lowest BCUT2D eigenvalue weighted by Gasteiger charge is -2.31. The van der Waals surface area contributed by atoms with Gasteiger partial charge < -0.3 is 20.4 Å². The lowest BCUT2D eigenvalue weighted by Crippen LogP contribution is -2.44. The van der Waals surface area contributed by atoms with Crippen LogP contribution in [0.2, 0.25) is 0 Å². The molecular weight excluding hydrogens is 230 g/mol. The van der Waals surface area contributed by atoms with E-state index in [4.69, 9.17) is 20.4 Å². The third-order valence-electron chi connectivity index (χ3n) is 2.99. The van der Waals surface area contributed by atoms with Gasteiger partial charge in [0.15, 0.2) is 0 Å². The molecule has 6 heteroatoms. The van der Waals surface area contributed by atoms with Crippen LogP contribution in [0.25, 0.3) is 0 Å². The van der Waals surface area contributed by atoms with Gasteiger partial charge in [0.05, 0.1) is 39.2 Å². The summed E-state index contributed by atoms with van der Waals surface area (Å²) < 4.78 is 0. The first-order valence-electron chi connectivity index (χ1n) is 5.39. The summed E-state index contributed by atoms with van der Waals surface area (Å²) in [5.41, 5.74) is -4.03. The first-order valence-corrected chi connectivity index (χ1v) is 5.39. The van der Waals surface area contributed by atoms with E-state index in [1.807, 2.05) is 0 Å². The Kier molecular flexibility index (Phi) is 11.1. The standard InChI is InChI=1S/2C6H14O2.2BH3/c2*1-5(2,7)6(3,4)8;;/h2*7-8H,1-4H3;2*1H3. The van der Waals surface area contributed by atoms with Crippen molar-refractivity contribution in [1.82, 2.24) is 0 Å². The van der Waals surface area contributed by atoms with Crippen LogP contribution in [0.15, 0.2) is 0 Å². The molecule has 112 valence electrons. The van der Waals surface area contributed by atoms with E-state index in [0.29, 0.717) is 0 Å². The van der Waals surface area contributed by atoms with Crippen LogP contribution in [0.3, 0.4) is 0 Å². The van der Waals surface area contributed by atoms with Gasteiger partial charge in [-0.2, -0.15) is 0 Å². The smallest absolute Gasteiger partial charge is 0.0872 e. The molecule has 0 saturated heterocycles. The van der Waals surface area contributed by atoms with Gasteiger partial charge in [0.1, 0.15) is 0 Å². The quantitative estimate of drug-likeness (QED) is 0.467. The third kappa shape index (κ3) is 11.1. The summed E-state index contributed by atoms with van der Waals surface area (Å²) in [5, 5.41) is 36.4. The summed E-state index contributed by atoms with van der Waals surface area (Å²) in [6.07, 6.45) is 0. The highest BCUT2D eigenvalue weighted by atomic mass is 16.4.